The van der Waals surface area contributed by atoms with Gasteiger partial charge in [-0.15, -0.1) is 0 Å². The molecule has 2 aromatic rings. The number of alkyl halides is 3. The zero-order valence-corrected chi connectivity index (χ0v) is 15.5. The highest BCUT2D eigenvalue weighted by Crippen LogP contribution is 2.25. The van der Waals surface area contributed by atoms with Crippen LogP contribution in [0.4, 0.5) is 29.3 Å². The number of nitrogens with one attached hydrogen (secondary N) is 1. The third-order valence-corrected chi connectivity index (χ3v) is 3.67. The number of anilines is 2. The molecule has 0 bridgehead atoms. The molecule has 0 aliphatic rings. The first-order valence-corrected chi connectivity index (χ1v) is 8.06. The zero-order valence-electron chi connectivity index (χ0n) is 14.7. The number of ether oxygens (including phenoxy) is 2. The van der Waals surface area contributed by atoms with Gasteiger partial charge in [-0.05, 0) is 30.3 Å². The van der Waals surface area contributed by atoms with E-state index in [4.69, 9.17) is 11.6 Å². The van der Waals surface area contributed by atoms with Crippen molar-refractivity contribution in [3.63, 3.8) is 0 Å². The van der Waals surface area contributed by atoms with Crippen LogP contribution in [0.2, 0.25) is 5.02 Å². The van der Waals surface area contributed by atoms with Gasteiger partial charge in [0.25, 0.3) is 5.91 Å². The summed E-state index contributed by atoms with van der Waals surface area (Å²) in [5, 5.41) is 2.35. The summed E-state index contributed by atoms with van der Waals surface area (Å²) in [6.45, 7) is -1.54. The fourth-order valence-electron chi connectivity index (χ4n) is 2.02. The minimum Gasteiger partial charge on any atom is -0.467 e. The second-order valence-electron chi connectivity index (χ2n) is 5.44. The maximum atomic E-state index is 12.3. The summed E-state index contributed by atoms with van der Waals surface area (Å²) in [7, 11) is 2.78. The molecule has 2 rings (SSSR count). The molecular formula is C17H15ClF3N3O4. The second kappa shape index (κ2) is 8.79. The zero-order chi connectivity index (χ0) is 20.9. The lowest BCUT2D eigenvalue weighted by Gasteiger charge is -2.16. The van der Waals surface area contributed by atoms with Crippen LogP contribution in [0.15, 0.2) is 36.5 Å². The van der Waals surface area contributed by atoms with E-state index in [1.54, 1.807) is 24.3 Å². The Kier molecular flexibility index (Phi) is 6.68. The van der Waals surface area contributed by atoms with Gasteiger partial charge in [-0.2, -0.15) is 13.2 Å². The van der Waals surface area contributed by atoms with Crippen LogP contribution in [-0.4, -0.2) is 43.9 Å². The molecule has 0 aliphatic carbocycles. The number of pyridine rings is 1. The lowest BCUT2D eigenvalue weighted by molar-refractivity contribution is -0.154. The maximum Gasteiger partial charge on any atom is 0.422 e. The van der Waals surface area contributed by atoms with Crippen molar-refractivity contribution >= 4 is 35.0 Å². The third-order valence-electron chi connectivity index (χ3n) is 3.40. The minimum atomic E-state index is -4.53. The molecule has 2 amide bonds. The number of rotatable bonds is 5. The summed E-state index contributed by atoms with van der Waals surface area (Å²) < 4.78 is 45.6. The van der Waals surface area contributed by atoms with Gasteiger partial charge in [0.2, 0.25) is 5.88 Å². The van der Waals surface area contributed by atoms with E-state index < -0.39 is 30.7 Å². The van der Waals surface area contributed by atoms with Crippen LogP contribution in [0.3, 0.4) is 0 Å². The SMILES string of the molecule is COC(=O)N(C)c1ccc(NC(=O)c2cnc(OCC(F)(F)F)c(Cl)c2)cc1. The maximum absolute atomic E-state index is 12.3. The van der Waals surface area contributed by atoms with Crippen molar-refractivity contribution in [2.24, 2.45) is 0 Å². The molecule has 0 unspecified atom stereocenters. The first-order valence-electron chi connectivity index (χ1n) is 7.69. The number of benzene rings is 1. The van der Waals surface area contributed by atoms with Crippen molar-refractivity contribution in [2.75, 3.05) is 31.0 Å². The third kappa shape index (κ3) is 5.74. The Labute approximate surface area is 163 Å². The molecule has 0 spiro atoms. The summed E-state index contributed by atoms with van der Waals surface area (Å²) in [4.78, 5) is 28.6. The fraction of sp³-hybridized carbons (Fsp3) is 0.235. The monoisotopic (exact) mass is 417 g/mol. The molecule has 7 nitrogen and oxygen atoms in total. The molecule has 0 fully saturated rings. The molecule has 1 aromatic heterocycles. The predicted octanol–water partition coefficient (Wildman–Crippen LogP) is 4.13. The first-order chi connectivity index (χ1) is 13.1. The normalized spacial score (nSPS) is 10.9. The Morgan fingerprint density at radius 1 is 1.25 bits per heavy atom. The number of carbonyl (C=O) groups is 2. The number of hydrogen-bond acceptors (Lipinski definition) is 5. The fourth-order valence-corrected chi connectivity index (χ4v) is 2.24. The summed E-state index contributed by atoms with van der Waals surface area (Å²) >= 11 is 5.82. The summed E-state index contributed by atoms with van der Waals surface area (Å²) in [6.07, 6.45) is -4.04. The van der Waals surface area contributed by atoms with Crippen LogP contribution in [-0.2, 0) is 4.74 Å². The van der Waals surface area contributed by atoms with Crippen molar-refractivity contribution in [3.05, 3.63) is 47.1 Å². The van der Waals surface area contributed by atoms with Crippen molar-refractivity contribution in [1.82, 2.24) is 4.98 Å². The van der Waals surface area contributed by atoms with Crippen molar-refractivity contribution < 1.29 is 32.2 Å². The largest absolute Gasteiger partial charge is 0.467 e. The summed E-state index contributed by atoms with van der Waals surface area (Å²) in [5.41, 5.74) is 0.987. The Morgan fingerprint density at radius 3 is 2.43 bits per heavy atom. The topological polar surface area (TPSA) is 80.8 Å². The standard InChI is InChI=1S/C17H15ClF3N3O4/c1-24(16(26)27-2)12-5-3-11(4-6-12)23-14(25)10-7-13(18)15(22-8-10)28-9-17(19,20)21/h3-8H,9H2,1-2H3,(H,23,25). The smallest absolute Gasteiger partial charge is 0.422 e. The molecule has 0 saturated carbocycles. The highest BCUT2D eigenvalue weighted by atomic mass is 35.5. The van der Waals surface area contributed by atoms with Gasteiger partial charge in [-0.25, -0.2) is 9.78 Å². The summed E-state index contributed by atoms with van der Waals surface area (Å²) in [6, 6.07) is 7.44. The highest BCUT2D eigenvalue weighted by molar-refractivity contribution is 6.32. The van der Waals surface area contributed by atoms with E-state index in [1.165, 1.54) is 19.1 Å². The number of aromatic nitrogens is 1. The molecular weight excluding hydrogens is 403 g/mol. The van der Waals surface area contributed by atoms with Crippen LogP contribution in [0, 0.1) is 0 Å². The van der Waals surface area contributed by atoms with Crippen LogP contribution in [0.25, 0.3) is 0 Å². The van der Waals surface area contributed by atoms with Gasteiger partial charge in [0.1, 0.15) is 5.02 Å². The van der Waals surface area contributed by atoms with Crippen LogP contribution >= 0.6 is 11.6 Å². The highest BCUT2D eigenvalue weighted by Gasteiger charge is 2.29. The van der Waals surface area contributed by atoms with Crippen LogP contribution < -0.4 is 15.0 Å². The van der Waals surface area contributed by atoms with Gasteiger partial charge in [0.15, 0.2) is 6.61 Å². The molecule has 1 N–H and O–H groups in total. The Hall–Kier alpha value is -3.01. The number of amides is 2. The van der Waals surface area contributed by atoms with Crippen molar-refractivity contribution in [3.8, 4) is 5.88 Å². The van der Waals surface area contributed by atoms with Gasteiger partial charge in [-0.3, -0.25) is 9.69 Å². The molecule has 11 heteroatoms. The number of hydrogen-bond donors (Lipinski definition) is 1. The Bertz CT molecular complexity index is 860. The first kappa shape index (κ1) is 21.3. The van der Waals surface area contributed by atoms with E-state index in [9.17, 15) is 22.8 Å². The molecule has 0 aliphatic heterocycles. The second-order valence-corrected chi connectivity index (χ2v) is 5.85. The van der Waals surface area contributed by atoms with E-state index in [2.05, 4.69) is 19.8 Å². The molecule has 0 atom stereocenters. The van der Waals surface area contributed by atoms with Gasteiger partial charge < -0.3 is 14.8 Å². The lowest BCUT2D eigenvalue weighted by Crippen LogP contribution is -2.25. The van der Waals surface area contributed by atoms with Gasteiger partial charge >= 0.3 is 12.3 Å². The summed E-state index contributed by atoms with van der Waals surface area (Å²) in [5.74, 6) is -1.00. The van der Waals surface area contributed by atoms with Gasteiger partial charge in [-0.1, -0.05) is 11.6 Å². The van der Waals surface area contributed by atoms with E-state index >= 15 is 0 Å². The predicted molar refractivity (Wildman–Crippen MR) is 96.0 cm³/mol. The molecule has 1 aromatic carbocycles. The van der Waals surface area contributed by atoms with Crippen LogP contribution in [0.1, 0.15) is 10.4 Å². The average Bonchev–Trinajstić information content (AvgIpc) is 2.65. The van der Waals surface area contributed by atoms with Gasteiger partial charge in [0, 0.05) is 24.6 Å². The van der Waals surface area contributed by atoms with E-state index in [0.717, 1.165) is 12.3 Å². The molecule has 28 heavy (non-hydrogen) atoms. The van der Waals surface area contributed by atoms with Crippen molar-refractivity contribution in [2.45, 2.75) is 6.18 Å². The van der Waals surface area contributed by atoms with E-state index in [0.29, 0.717) is 11.4 Å². The van der Waals surface area contributed by atoms with E-state index in [1.807, 2.05) is 0 Å². The molecule has 0 saturated heterocycles. The molecule has 150 valence electrons. The Morgan fingerprint density at radius 2 is 1.89 bits per heavy atom. The number of nitrogens with zero attached hydrogens (tertiary/aromatic N) is 2. The number of carbonyl (C=O) groups excluding carboxylic acids is 2. The molecule has 1 heterocycles. The van der Waals surface area contributed by atoms with Gasteiger partial charge in [0.05, 0.1) is 12.7 Å². The lowest BCUT2D eigenvalue weighted by atomic mass is 10.2. The minimum absolute atomic E-state index is 0.0279. The Balaban J connectivity index is 2.04. The average molecular weight is 418 g/mol. The van der Waals surface area contributed by atoms with Crippen molar-refractivity contribution in [1.29, 1.82) is 0 Å². The quantitative estimate of drug-likeness (QED) is 0.791. The number of methoxy groups -OCH3 is 1. The van der Waals surface area contributed by atoms with E-state index in [-0.39, 0.29) is 10.6 Å². The molecule has 0 radical (unpaired) electrons. The number of halogens is 4. The van der Waals surface area contributed by atoms with Crippen LogP contribution in [0.5, 0.6) is 5.88 Å².